The zero-order chi connectivity index (χ0) is 19.0. The van der Waals surface area contributed by atoms with Crippen LogP contribution < -0.4 is 0 Å². The molecule has 0 aliphatic heterocycles. The summed E-state index contributed by atoms with van der Waals surface area (Å²) in [6, 6.07) is 17.7. The van der Waals surface area contributed by atoms with Gasteiger partial charge in [0, 0.05) is 27.2 Å². The highest BCUT2D eigenvalue weighted by Crippen LogP contribution is 2.14. The van der Waals surface area contributed by atoms with E-state index in [1.54, 1.807) is 30.2 Å². The molecule has 2 aromatic rings. The van der Waals surface area contributed by atoms with Gasteiger partial charge < -0.3 is 9.64 Å². The van der Waals surface area contributed by atoms with Gasteiger partial charge in [0.05, 0.1) is 18.0 Å². The minimum Gasteiger partial charge on any atom is -0.383 e. The lowest BCUT2D eigenvalue weighted by Crippen LogP contribution is -2.42. The van der Waals surface area contributed by atoms with Crippen molar-refractivity contribution in [2.45, 2.75) is 11.4 Å². The molecule has 0 atom stereocenters. The third-order valence-electron chi connectivity index (χ3n) is 3.94. The summed E-state index contributed by atoms with van der Waals surface area (Å²) in [5, 5.41) is 0. The van der Waals surface area contributed by atoms with E-state index in [9.17, 15) is 13.2 Å². The maximum atomic E-state index is 12.7. The number of amides is 1. The second kappa shape index (κ2) is 9.47. The van der Waals surface area contributed by atoms with Gasteiger partial charge in [0.1, 0.15) is 0 Å². The zero-order valence-electron chi connectivity index (χ0n) is 15.0. The molecule has 140 valence electrons. The van der Waals surface area contributed by atoms with Crippen molar-refractivity contribution in [2.75, 3.05) is 33.9 Å². The number of likely N-dealkylation sites (N-methyl/N-ethyl adjacent to an activating group) is 1. The fraction of sp³-hybridized carbons (Fsp3) is 0.316. The van der Waals surface area contributed by atoms with Gasteiger partial charge in [-0.1, -0.05) is 48.5 Å². The summed E-state index contributed by atoms with van der Waals surface area (Å²) in [7, 11) is -0.726. The summed E-state index contributed by atoms with van der Waals surface area (Å²) in [5.41, 5.74) is 0.977. The monoisotopic (exact) mass is 376 g/mol. The third kappa shape index (κ3) is 5.39. The van der Waals surface area contributed by atoms with Crippen molar-refractivity contribution in [1.82, 2.24) is 9.21 Å². The number of rotatable bonds is 9. The first-order chi connectivity index (χ1) is 12.4. The van der Waals surface area contributed by atoms with Gasteiger partial charge in [0.15, 0.2) is 0 Å². The molecule has 2 rings (SSSR count). The van der Waals surface area contributed by atoms with Crippen molar-refractivity contribution in [3.8, 4) is 0 Å². The molecule has 0 heterocycles. The molecule has 7 heteroatoms. The summed E-state index contributed by atoms with van der Waals surface area (Å²) >= 11 is 0. The highest BCUT2D eigenvalue weighted by atomic mass is 32.2. The summed E-state index contributed by atoms with van der Waals surface area (Å²) in [4.78, 5) is 14.5. The van der Waals surface area contributed by atoms with E-state index >= 15 is 0 Å². The maximum Gasteiger partial charge on any atom is 0.243 e. The number of nitrogens with zero attached hydrogens (tertiary/aromatic N) is 2. The van der Waals surface area contributed by atoms with Crippen LogP contribution in [0.2, 0.25) is 0 Å². The fourth-order valence-corrected chi connectivity index (χ4v) is 3.59. The van der Waals surface area contributed by atoms with Crippen LogP contribution in [0.25, 0.3) is 0 Å². The Kier molecular flexibility index (Phi) is 7.32. The van der Waals surface area contributed by atoms with E-state index in [4.69, 9.17) is 4.74 Å². The van der Waals surface area contributed by atoms with E-state index < -0.39 is 10.0 Å². The number of ether oxygens (including phenoxy) is 1. The third-order valence-corrected chi connectivity index (χ3v) is 5.76. The van der Waals surface area contributed by atoms with Gasteiger partial charge in [-0.25, -0.2) is 8.42 Å². The van der Waals surface area contributed by atoms with Gasteiger partial charge >= 0.3 is 0 Å². The molecule has 2 aromatic carbocycles. The molecule has 6 nitrogen and oxygen atoms in total. The molecule has 0 N–H and O–H groups in total. The quantitative estimate of drug-likeness (QED) is 0.671. The van der Waals surface area contributed by atoms with Crippen LogP contribution in [0, 0.1) is 0 Å². The van der Waals surface area contributed by atoms with Gasteiger partial charge in [0.2, 0.25) is 15.9 Å². The summed E-state index contributed by atoms with van der Waals surface area (Å²) in [6.45, 7) is 0.952. The predicted molar refractivity (Wildman–Crippen MR) is 100.0 cm³/mol. The minimum absolute atomic E-state index is 0.168. The lowest BCUT2D eigenvalue weighted by atomic mass is 10.2. The first-order valence-corrected chi connectivity index (χ1v) is 9.71. The number of methoxy groups -OCH3 is 1. The first-order valence-electron chi connectivity index (χ1n) is 8.27. The molecule has 1 amide bonds. The van der Waals surface area contributed by atoms with E-state index in [0.717, 1.165) is 9.87 Å². The van der Waals surface area contributed by atoms with E-state index in [1.165, 1.54) is 19.2 Å². The molecular formula is C19H24N2O4S. The molecule has 0 aliphatic carbocycles. The second-order valence-corrected chi connectivity index (χ2v) is 7.91. The largest absolute Gasteiger partial charge is 0.383 e. The van der Waals surface area contributed by atoms with Crippen LogP contribution in [0.15, 0.2) is 65.6 Å². The molecule has 0 bridgehead atoms. The summed E-state index contributed by atoms with van der Waals surface area (Å²) < 4.78 is 31.3. The van der Waals surface area contributed by atoms with E-state index in [0.29, 0.717) is 19.7 Å². The normalized spacial score (nSPS) is 11.5. The molecule has 26 heavy (non-hydrogen) atoms. The second-order valence-electron chi connectivity index (χ2n) is 5.87. The topological polar surface area (TPSA) is 66.9 Å². The smallest absolute Gasteiger partial charge is 0.243 e. The van der Waals surface area contributed by atoms with Crippen LogP contribution >= 0.6 is 0 Å². The Morgan fingerprint density at radius 2 is 1.58 bits per heavy atom. The minimum atomic E-state index is -3.71. The van der Waals surface area contributed by atoms with Gasteiger partial charge in [-0.15, -0.1) is 0 Å². The average molecular weight is 376 g/mol. The van der Waals surface area contributed by atoms with E-state index in [-0.39, 0.29) is 17.3 Å². The standard InChI is InChI=1S/C19H24N2O4S/c1-20(26(23,24)18-11-7-4-8-12-18)16-19(22)21(13-14-25-2)15-17-9-5-3-6-10-17/h3-12H,13-16H2,1-2H3. The van der Waals surface area contributed by atoms with Gasteiger partial charge in [-0.05, 0) is 17.7 Å². The lowest BCUT2D eigenvalue weighted by Gasteiger charge is -2.25. The number of carbonyl (C=O) groups is 1. The van der Waals surface area contributed by atoms with Crippen molar-refractivity contribution in [3.63, 3.8) is 0 Å². The van der Waals surface area contributed by atoms with Crippen molar-refractivity contribution >= 4 is 15.9 Å². The highest BCUT2D eigenvalue weighted by Gasteiger charge is 2.25. The molecule has 0 spiro atoms. The SMILES string of the molecule is COCCN(Cc1ccccc1)C(=O)CN(C)S(=O)(=O)c1ccccc1. The Morgan fingerprint density at radius 3 is 2.15 bits per heavy atom. The molecule has 0 fully saturated rings. The van der Waals surface area contributed by atoms with E-state index in [2.05, 4.69) is 0 Å². The molecule has 0 aromatic heterocycles. The molecule has 0 aliphatic rings. The van der Waals surface area contributed by atoms with E-state index in [1.807, 2.05) is 30.3 Å². The first kappa shape index (κ1) is 20.1. The van der Waals surface area contributed by atoms with Gasteiger partial charge in [-0.3, -0.25) is 4.79 Å². The van der Waals surface area contributed by atoms with Crippen molar-refractivity contribution in [1.29, 1.82) is 0 Å². The maximum absolute atomic E-state index is 12.7. The Bertz CT molecular complexity index is 795. The number of hydrogen-bond donors (Lipinski definition) is 0. The van der Waals surface area contributed by atoms with Crippen LogP contribution in [-0.2, 0) is 26.1 Å². The Labute approximate surface area is 155 Å². The lowest BCUT2D eigenvalue weighted by molar-refractivity contribution is -0.132. The average Bonchev–Trinajstić information content (AvgIpc) is 2.66. The number of sulfonamides is 1. The molecular weight excluding hydrogens is 352 g/mol. The van der Waals surface area contributed by atoms with Crippen molar-refractivity contribution < 1.29 is 17.9 Å². The van der Waals surface area contributed by atoms with Crippen molar-refractivity contribution in [2.24, 2.45) is 0 Å². The highest BCUT2D eigenvalue weighted by molar-refractivity contribution is 7.89. The zero-order valence-corrected chi connectivity index (χ0v) is 15.9. The van der Waals surface area contributed by atoms with Crippen molar-refractivity contribution in [3.05, 3.63) is 66.2 Å². The fourth-order valence-electron chi connectivity index (χ4n) is 2.45. The Morgan fingerprint density at radius 1 is 1.00 bits per heavy atom. The van der Waals surface area contributed by atoms with Crippen LogP contribution in [0.5, 0.6) is 0 Å². The molecule has 0 radical (unpaired) electrons. The number of carbonyl (C=O) groups excluding carboxylic acids is 1. The van der Waals surface area contributed by atoms with Gasteiger partial charge in [0.25, 0.3) is 0 Å². The van der Waals surface area contributed by atoms with Crippen LogP contribution in [0.1, 0.15) is 5.56 Å². The van der Waals surface area contributed by atoms with Crippen LogP contribution in [0.4, 0.5) is 0 Å². The molecule has 0 saturated carbocycles. The Balaban J connectivity index is 2.10. The summed E-state index contributed by atoms with van der Waals surface area (Å²) in [5.74, 6) is -0.270. The van der Waals surface area contributed by atoms with Gasteiger partial charge in [-0.2, -0.15) is 4.31 Å². The summed E-state index contributed by atoms with van der Waals surface area (Å²) in [6.07, 6.45) is 0. The number of hydrogen-bond acceptors (Lipinski definition) is 4. The predicted octanol–water partition coefficient (Wildman–Crippen LogP) is 1.98. The van der Waals surface area contributed by atoms with Crippen LogP contribution in [0.3, 0.4) is 0 Å². The number of benzene rings is 2. The molecule has 0 unspecified atom stereocenters. The molecule has 0 saturated heterocycles. The Hall–Kier alpha value is -2.22. The van der Waals surface area contributed by atoms with Crippen LogP contribution in [-0.4, -0.2) is 57.4 Å².